The van der Waals surface area contributed by atoms with Gasteiger partial charge in [0.2, 0.25) is 0 Å². The molecule has 2 aromatic carbocycles. The van der Waals surface area contributed by atoms with Crippen LogP contribution in [0.15, 0.2) is 66.0 Å². The molecule has 0 bridgehead atoms. The molecule has 0 aliphatic heterocycles. The Labute approximate surface area is 160 Å². The van der Waals surface area contributed by atoms with Gasteiger partial charge in [0.05, 0.1) is 18.1 Å². The van der Waals surface area contributed by atoms with E-state index in [4.69, 9.17) is 11.6 Å². The van der Waals surface area contributed by atoms with Crippen LogP contribution in [-0.2, 0) is 6.54 Å². The Hall–Kier alpha value is -2.57. The molecule has 0 saturated heterocycles. The zero-order valence-electron chi connectivity index (χ0n) is 14.1. The zero-order valence-corrected chi connectivity index (χ0v) is 15.6. The SMILES string of the molecule is CSc1nc(Nc2cccc(Cl)c2)c2cnn(Cc3ccccc3)c2n1. The first-order valence-electron chi connectivity index (χ1n) is 8.07. The molecule has 1 N–H and O–H groups in total. The van der Waals surface area contributed by atoms with Crippen LogP contribution in [0.4, 0.5) is 11.5 Å². The van der Waals surface area contributed by atoms with Crippen LogP contribution in [0.5, 0.6) is 0 Å². The van der Waals surface area contributed by atoms with Crippen LogP contribution < -0.4 is 5.32 Å². The van der Waals surface area contributed by atoms with E-state index in [0.717, 1.165) is 22.5 Å². The van der Waals surface area contributed by atoms with Gasteiger partial charge in [-0.15, -0.1) is 0 Å². The second-order valence-electron chi connectivity index (χ2n) is 5.72. The normalized spacial score (nSPS) is 11.0. The van der Waals surface area contributed by atoms with Crippen LogP contribution in [0.25, 0.3) is 11.0 Å². The van der Waals surface area contributed by atoms with E-state index in [-0.39, 0.29) is 0 Å². The van der Waals surface area contributed by atoms with E-state index in [0.29, 0.717) is 16.7 Å². The van der Waals surface area contributed by atoms with Gasteiger partial charge in [-0.05, 0) is 30.0 Å². The molecule has 0 radical (unpaired) electrons. The van der Waals surface area contributed by atoms with Crippen molar-refractivity contribution in [2.24, 2.45) is 0 Å². The van der Waals surface area contributed by atoms with Crippen LogP contribution in [0.2, 0.25) is 5.02 Å². The van der Waals surface area contributed by atoms with Crippen molar-refractivity contribution in [2.45, 2.75) is 11.7 Å². The molecule has 0 atom stereocenters. The fourth-order valence-corrected chi connectivity index (χ4v) is 3.25. The highest BCUT2D eigenvalue weighted by molar-refractivity contribution is 7.98. The van der Waals surface area contributed by atoms with Crippen molar-refractivity contribution in [3.8, 4) is 0 Å². The van der Waals surface area contributed by atoms with Crippen molar-refractivity contribution < 1.29 is 0 Å². The first-order chi connectivity index (χ1) is 12.7. The second kappa shape index (κ2) is 7.35. The largest absolute Gasteiger partial charge is 0.339 e. The quantitative estimate of drug-likeness (QED) is 0.389. The van der Waals surface area contributed by atoms with E-state index in [1.165, 1.54) is 17.3 Å². The van der Waals surface area contributed by atoms with Gasteiger partial charge in [0.15, 0.2) is 10.8 Å². The molecule has 5 nitrogen and oxygen atoms in total. The molecule has 7 heteroatoms. The first-order valence-corrected chi connectivity index (χ1v) is 9.67. The van der Waals surface area contributed by atoms with Crippen molar-refractivity contribution in [3.05, 3.63) is 71.4 Å². The average molecular weight is 382 g/mol. The fourth-order valence-electron chi connectivity index (χ4n) is 2.70. The molecule has 0 aliphatic rings. The van der Waals surface area contributed by atoms with Crippen LogP contribution in [0.1, 0.15) is 5.56 Å². The molecule has 0 unspecified atom stereocenters. The summed E-state index contributed by atoms with van der Waals surface area (Å²) in [5, 5.41) is 10.1. The maximum atomic E-state index is 6.09. The van der Waals surface area contributed by atoms with Gasteiger partial charge in [0.1, 0.15) is 5.82 Å². The molecular weight excluding hydrogens is 366 g/mol. The van der Waals surface area contributed by atoms with E-state index in [1.807, 2.05) is 53.4 Å². The highest BCUT2D eigenvalue weighted by Crippen LogP contribution is 2.27. The predicted molar refractivity (Wildman–Crippen MR) is 107 cm³/mol. The summed E-state index contributed by atoms with van der Waals surface area (Å²) in [5.74, 6) is 0.723. The minimum Gasteiger partial charge on any atom is -0.339 e. The van der Waals surface area contributed by atoms with Gasteiger partial charge in [-0.2, -0.15) is 5.10 Å². The highest BCUT2D eigenvalue weighted by Gasteiger charge is 2.13. The van der Waals surface area contributed by atoms with Gasteiger partial charge in [-0.1, -0.05) is 59.8 Å². The third kappa shape index (κ3) is 3.52. The van der Waals surface area contributed by atoms with Crippen molar-refractivity contribution in [1.29, 1.82) is 0 Å². The minimum absolute atomic E-state index is 0.659. The summed E-state index contributed by atoms with van der Waals surface area (Å²) in [4.78, 5) is 9.26. The number of hydrogen-bond donors (Lipinski definition) is 1. The minimum atomic E-state index is 0.659. The molecule has 0 fully saturated rings. The van der Waals surface area contributed by atoms with Crippen molar-refractivity contribution in [1.82, 2.24) is 19.7 Å². The lowest BCUT2D eigenvalue weighted by Gasteiger charge is -2.09. The maximum absolute atomic E-state index is 6.09. The fraction of sp³-hybridized carbons (Fsp3) is 0.105. The summed E-state index contributed by atoms with van der Waals surface area (Å²) >= 11 is 7.59. The maximum Gasteiger partial charge on any atom is 0.191 e. The summed E-state index contributed by atoms with van der Waals surface area (Å²) in [6.07, 6.45) is 3.76. The lowest BCUT2D eigenvalue weighted by atomic mass is 10.2. The van der Waals surface area contributed by atoms with E-state index in [2.05, 4.69) is 32.5 Å². The standard InChI is InChI=1S/C19H16ClN5S/c1-26-19-23-17(22-15-9-5-8-14(20)10-15)16-11-21-25(18(16)24-19)12-13-6-3-2-4-7-13/h2-11H,12H2,1H3,(H,22,23,24). The molecule has 2 heterocycles. The van der Waals surface area contributed by atoms with E-state index in [1.54, 1.807) is 6.20 Å². The van der Waals surface area contributed by atoms with Crippen LogP contribution in [-0.4, -0.2) is 26.0 Å². The zero-order chi connectivity index (χ0) is 17.9. The summed E-state index contributed by atoms with van der Waals surface area (Å²) in [6.45, 7) is 0.659. The number of thioether (sulfide) groups is 1. The number of halogens is 1. The molecule has 130 valence electrons. The summed E-state index contributed by atoms with van der Waals surface area (Å²) in [6, 6.07) is 17.8. The predicted octanol–water partition coefficient (Wildman–Crippen LogP) is 4.99. The third-order valence-corrected chi connectivity index (χ3v) is 4.70. The number of benzene rings is 2. The molecule has 0 saturated carbocycles. The Kier molecular flexibility index (Phi) is 4.77. The number of hydrogen-bond acceptors (Lipinski definition) is 5. The average Bonchev–Trinajstić information content (AvgIpc) is 3.05. The molecule has 4 rings (SSSR count). The van der Waals surface area contributed by atoms with Gasteiger partial charge in [-0.3, -0.25) is 0 Å². The van der Waals surface area contributed by atoms with Crippen molar-refractivity contribution >= 4 is 45.9 Å². The van der Waals surface area contributed by atoms with E-state index in [9.17, 15) is 0 Å². The summed E-state index contributed by atoms with van der Waals surface area (Å²) in [5.41, 5.74) is 2.85. The third-order valence-electron chi connectivity index (χ3n) is 3.92. The lowest BCUT2D eigenvalue weighted by Crippen LogP contribution is -2.04. The smallest absolute Gasteiger partial charge is 0.191 e. The number of rotatable bonds is 5. The topological polar surface area (TPSA) is 55.6 Å². The van der Waals surface area contributed by atoms with Gasteiger partial charge in [0.25, 0.3) is 0 Å². The Bertz CT molecular complexity index is 1050. The van der Waals surface area contributed by atoms with E-state index < -0.39 is 0 Å². The highest BCUT2D eigenvalue weighted by atomic mass is 35.5. The molecule has 0 aliphatic carbocycles. The molecule has 0 amide bonds. The van der Waals surface area contributed by atoms with E-state index >= 15 is 0 Å². The second-order valence-corrected chi connectivity index (χ2v) is 6.93. The summed E-state index contributed by atoms with van der Waals surface area (Å²) < 4.78 is 1.90. The monoisotopic (exact) mass is 381 g/mol. The van der Waals surface area contributed by atoms with Crippen molar-refractivity contribution in [3.63, 3.8) is 0 Å². The van der Waals surface area contributed by atoms with Gasteiger partial charge < -0.3 is 5.32 Å². The Morgan fingerprint density at radius 2 is 1.92 bits per heavy atom. The number of fused-ring (bicyclic) bond motifs is 1. The van der Waals surface area contributed by atoms with Crippen molar-refractivity contribution in [2.75, 3.05) is 11.6 Å². The number of aromatic nitrogens is 4. The number of anilines is 2. The lowest BCUT2D eigenvalue weighted by molar-refractivity contribution is 0.699. The Balaban J connectivity index is 1.76. The number of nitrogens with zero attached hydrogens (tertiary/aromatic N) is 4. The Morgan fingerprint density at radius 3 is 2.69 bits per heavy atom. The van der Waals surface area contributed by atoms with Crippen LogP contribution in [0, 0.1) is 0 Å². The molecule has 0 spiro atoms. The molecule has 4 aromatic rings. The first kappa shape index (κ1) is 16.9. The van der Waals surface area contributed by atoms with Gasteiger partial charge in [-0.25, -0.2) is 14.6 Å². The number of nitrogens with one attached hydrogen (secondary N) is 1. The van der Waals surface area contributed by atoms with Gasteiger partial charge in [0, 0.05) is 10.7 Å². The van der Waals surface area contributed by atoms with Gasteiger partial charge >= 0.3 is 0 Å². The van der Waals surface area contributed by atoms with Crippen LogP contribution in [0.3, 0.4) is 0 Å². The summed E-state index contributed by atoms with van der Waals surface area (Å²) in [7, 11) is 0. The van der Waals surface area contributed by atoms with Crippen LogP contribution >= 0.6 is 23.4 Å². The molecular formula is C19H16ClN5S. The Morgan fingerprint density at radius 1 is 1.08 bits per heavy atom. The molecule has 26 heavy (non-hydrogen) atoms. The molecule has 2 aromatic heterocycles.